The molecule has 0 spiro atoms. The van der Waals surface area contributed by atoms with Crippen molar-refractivity contribution >= 4 is 5.69 Å². The summed E-state index contributed by atoms with van der Waals surface area (Å²) in [6.07, 6.45) is 3.67. The highest BCUT2D eigenvalue weighted by Crippen LogP contribution is 2.15. The minimum Gasteiger partial charge on any atom is -0.375 e. The quantitative estimate of drug-likeness (QED) is 0.695. The lowest BCUT2D eigenvalue weighted by Gasteiger charge is -2.20. The lowest BCUT2D eigenvalue weighted by atomic mass is 10.1. The predicted molar refractivity (Wildman–Crippen MR) is 73.2 cm³/mol. The number of nitrogens with zero attached hydrogens (tertiary/aromatic N) is 1. The predicted octanol–water partition coefficient (Wildman–Crippen LogP) is 4.12. The summed E-state index contributed by atoms with van der Waals surface area (Å²) < 4.78 is 0. The Labute approximate surface area is 100 Å². The molecule has 1 aromatic carbocycles. The summed E-state index contributed by atoms with van der Waals surface area (Å²) >= 11 is 0. The number of benzene rings is 1. The van der Waals surface area contributed by atoms with E-state index in [0.717, 1.165) is 12.5 Å². The first kappa shape index (κ1) is 13.1. The fourth-order valence-electron chi connectivity index (χ4n) is 1.79. The number of aryl methyl sites for hydroxylation is 1. The highest BCUT2D eigenvalue weighted by molar-refractivity contribution is 5.46. The molecule has 0 saturated carbocycles. The van der Waals surface area contributed by atoms with Gasteiger partial charge in [-0.3, -0.25) is 0 Å². The van der Waals surface area contributed by atoms with E-state index >= 15 is 0 Å². The Morgan fingerprint density at radius 2 is 1.75 bits per heavy atom. The van der Waals surface area contributed by atoms with Crippen LogP contribution in [0.1, 0.15) is 39.2 Å². The van der Waals surface area contributed by atoms with Crippen molar-refractivity contribution in [3.63, 3.8) is 0 Å². The van der Waals surface area contributed by atoms with E-state index in [0.29, 0.717) is 0 Å². The molecule has 0 aromatic heterocycles. The fraction of sp³-hybridized carbons (Fsp3) is 0.600. The molecule has 1 aromatic rings. The third-order valence-electron chi connectivity index (χ3n) is 2.96. The normalized spacial score (nSPS) is 10.8. The van der Waals surface area contributed by atoms with Crippen LogP contribution in [0.5, 0.6) is 0 Å². The minimum absolute atomic E-state index is 0.779. The molecular weight excluding hydrogens is 194 g/mol. The average molecular weight is 219 g/mol. The first-order valence-electron chi connectivity index (χ1n) is 6.43. The molecule has 90 valence electrons. The van der Waals surface area contributed by atoms with Crippen molar-refractivity contribution in [3.8, 4) is 0 Å². The van der Waals surface area contributed by atoms with Gasteiger partial charge in [0.05, 0.1) is 0 Å². The Hall–Kier alpha value is -0.980. The lowest BCUT2D eigenvalue weighted by molar-refractivity contribution is 0.585. The summed E-state index contributed by atoms with van der Waals surface area (Å²) in [4.78, 5) is 2.34. The number of rotatable bonds is 6. The zero-order valence-electron chi connectivity index (χ0n) is 11.2. The van der Waals surface area contributed by atoms with E-state index in [-0.39, 0.29) is 0 Å². The molecule has 0 radical (unpaired) electrons. The summed E-state index contributed by atoms with van der Waals surface area (Å²) in [5.41, 5.74) is 2.78. The Morgan fingerprint density at radius 3 is 2.25 bits per heavy atom. The van der Waals surface area contributed by atoms with Crippen LogP contribution in [0.4, 0.5) is 5.69 Å². The molecule has 0 bridgehead atoms. The average Bonchev–Trinajstić information content (AvgIpc) is 2.27. The first-order valence-corrected chi connectivity index (χ1v) is 6.43. The smallest absolute Gasteiger partial charge is 0.0363 e. The van der Waals surface area contributed by atoms with Crippen LogP contribution in [0.3, 0.4) is 0 Å². The van der Waals surface area contributed by atoms with E-state index in [1.165, 1.54) is 30.5 Å². The topological polar surface area (TPSA) is 3.24 Å². The van der Waals surface area contributed by atoms with Gasteiger partial charge in [-0.05, 0) is 36.5 Å². The van der Waals surface area contributed by atoms with Gasteiger partial charge in [0.15, 0.2) is 0 Å². The molecular formula is C15H25N. The lowest BCUT2D eigenvalue weighted by Crippen LogP contribution is -2.19. The molecule has 0 heterocycles. The third-order valence-corrected chi connectivity index (χ3v) is 2.96. The molecule has 0 saturated heterocycles. The van der Waals surface area contributed by atoms with E-state index in [4.69, 9.17) is 0 Å². The van der Waals surface area contributed by atoms with Gasteiger partial charge in [0.25, 0.3) is 0 Å². The standard InChI is InChI=1S/C15H25N/c1-5-6-14-7-9-15(10-8-14)16(4)12-11-13(2)3/h7-10,13H,5-6,11-12H2,1-4H3. The van der Waals surface area contributed by atoms with Gasteiger partial charge >= 0.3 is 0 Å². The highest BCUT2D eigenvalue weighted by atomic mass is 15.1. The second kappa shape index (κ2) is 6.57. The van der Waals surface area contributed by atoms with Crippen molar-refractivity contribution in [2.75, 3.05) is 18.5 Å². The summed E-state index contributed by atoms with van der Waals surface area (Å²) in [7, 11) is 2.18. The van der Waals surface area contributed by atoms with Gasteiger partial charge in [0, 0.05) is 19.3 Å². The zero-order valence-corrected chi connectivity index (χ0v) is 11.2. The molecule has 0 aliphatic heterocycles. The molecule has 0 unspecified atom stereocenters. The van der Waals surface area contributed by atoms with Crippen LogP contribution in [-0.2, 0) is 6.42 Å². The number of hydrogen-bond acceptors (Lipinski definition) is 1. The molecule has 0 N–H and O–H groups in total. The molecule has 0 atom stereocenters. The second-order valence-electron chi connectivity index (χ2n) is 5.02. The highest BCUT2D eigenvalue weighted by Gasteiger charge is 2.02. The van der Waals surface area contributed by atoms with Crippen molar-refractivity contribution in [1.29, 1.82) is 0 Å². The van der Waals surface area contributed by atoms with E-state index in [1.807, 2.05) is 0 Å². The van der Waals surface area contributed by atoms with E-state index < -0.39 is 0 Å². The minimum atomic E-state index is 0.779. The van der Waals surface area contributed by atoms with E-state index in [9.17, 15) is 0 Å². The van der Waals surface area contributed by atoms with Crippen LogP contribution < -0.4 is 4.90 Å². The Bertz CT molecular complexity index is 287. The van der Waals surface area contributed by atoms with Gasteiger partial charge in [-0.25, -0.2) is 0 Å². The largest absolute Gasteiger partial charge is 0.375 e. The van der Waals surface area contributed by atoms with Crippen molar-refractivity contribution < 1.29 is 0 Å². The maximum Gasteiger partial charge on any atom is 0.0363 e. The molecule has 0 aliphatic carbocycles. The van der Waals surface area contributed by atoms with Crippen molar-refractivity contribution in [2.24, 2.45) is 5.92 Å². The molecule has 0 aliphatic rings. The second-order valence-corrected chi connectivity index (χ2v) is 5.02. The molecule has 0 amide bonds. The first-order chi connectivity index (χ1) is 7.63. The van der Waals surface area contributed by atoms with Crippen LogP contribution >= 0.6 is 0 Å². The van der Waals surface area contributed by atoms with E-state index in [1.54, 1.807) is 0 Å². The summed E-state index contributed by atoms with van der Waals surface area (Å²) in [6.45, 7) is 7.92. The molecule has 1 nitrogen and oxygen atoms in total. The molecule has 1 heteroatoms. The summed E-state index contributed by atoms with van der Waals surface area (Å²) in [5.74, 6) is 0.779. The molecule has 16 heavy (non-hydrogen) atoms. The summed E-state index contributed by atoms with van der Waals surface area (Å²) in [6, 6.07) is 8.99. The Kier molecular flexibility index (Phi) is 5.37. The van der Waals surface area contributed by atoms with Gasteiger partial charge in [0.1, 0.15) is 0 Å². The van der Waals surface area contributed by atoms with Gasteiger partial charge in [-0.1, -0.05) is 39.3 Å². The Balaban J connectivity index is 2.52. The maximum atomic E-state index is 2.34. The van der Waals surface area contributed by atoms with Crippen molar-refractivity contribution in [3.05, 3.63) is 29.8 Å². The van der Waals surface area contributed by atoms with Crippen molar-refractivity contribution in [2.45, 2.75) is 40.0 Å². The Morgan fingerprint density at radius 1 is 1.12 bits per heavy atom. The van der Waals surface area contributed by atoms with Crippen LogP contribution in [0.25, 0.3) is 0 Å². The number of hydrogen-bond donors (Lipinski definition) is 0. The van der Waals surface area contributed by atoms with Gasteiger partial charge in [-0.15, -0.1) is 0 Å². The van der Waals surface area contributed by atoms with Crippen LogP contribution in [-0.4, -0.2) is 13.6 Å². The van der Waals surface area contributed by atoms with Gasteiger partial charge in [0.2, 0.25) is 0 Å². The van der Waals surface area contributed by atoms with Gasteiger partial charge < -0.3 is 4.90 Å². The number of anilines is 1. The van der Waals surface area contributed by atoms with Crippen LogP contribution in [0.2, 0.25) is 0 Å². The van der Waals surface area contributed by atoms with Crippen LogP contribution in [0, 0.1) is 5.92 Å². The third kappa shape index (κ3) is 4.26. The molecule has 1 rings (SSSR count). The fourth-order valence-corrected chi connectivity index (χ4v) is 1.79. The summed E-state index contributed by atoms with van der Waals surface area (Å²) in [5, 5.41) is 0. The van der Waals surface area contributed by atoms with Crippen molar-refractivity contribution in [1.82, 2.24) is 0 Å². The van der Waals surface area contributed by atoms with Crippen LogP contribution in [0.15, 0.2) is 24.3 Å². The zero-order chi connectivity index (χ0) is 12.0. The van der Waals surface area contributed by atoms with E-state index in [2.05, 4.69) is 57.0 Å². The maximum absolute atomic E-state index is 2.34. The monoisotopic (exact) mass is 219 g/mol. The molecule has 0 fully saturated rings. The van der Waals surface area contributed by atoms with Gasteiger partial charge in [-0.2, -0.15) is 0 Å². The SMILES string of the molecule is CCCc1ccc(N(C)CCC(C)C)cc1.